The van der Waals surface area contributed by atoms with Gasteiger partial charge in [0.05, 0.1) is 0 Å². The van der Waals surface area contributed by atoms with Crippen LogP contribution in [0.5, 0.6) is 0 Å². The van der Waals surface area contributed by atoms with Gasteiger partial charge in [0.2, 0.25) is 0 Å². The Morgan fingerprint density at radius 3 is 2.86 bits per heavy atom. The van der Waals surface area contributed by atoms with Gasteiger partial charge in [-0.1, -0.05) is 6.08 Å². The van der Waals surface area contributed by atoms with Crippen LogP contribution in [0.3, 0.4) is 0 Å². The molecule has 1 aliphatic carbocycles. The first-order valence-corrected chi connectivity index (χ1v) is 6.69. The predicted molar refractivity (Wildman–Crippen MR) is 76.8 cm³/mol. The maximum atomic E-state index is 14.0. The molecule has 0 saturated heterocycles. The number of allylic oxidation sites excluding steroid dienone is 5. The number of carbonyl (C=O) groups is 1. The van der Waals surface area contributed by atoms with Gasteiger partial charge in [-0.05, 0) is 48.4 Å². The Bertz CT molecular complexity index is 770. The van der Waals surface area contributed by atoms with Crippen molar-refractivity contribution in [1.82, 2.24) is 0 Å². The average molecular weight is 302 g/mol. The molecule has 0 atom stereocenters. The van der Waals surface area contributed by atoms with Crippen molar-refractivity contribution in [3.63, 3.8) is 0 Å². The molecule has 0 bridgehead atoms. The van der Waals surface area contributed by atoms with Crippen LogP contribution in [0, 0.1) is 11.6 Å². The molecule has 1 aromatic rings. The minimum Gasteiger partial charge on any atom is -0.489 e. The topological polar surface area (TPSA) is 46.5 Å². The van der Waals surface area contributed by atoms with Gasteiger partial charge in [0.15, 0.2) is 0 Å². The second-order valence-electron chi connectivity index (χ2n) is 4.91. The number of benzene rings is 1. The average Bonchev–Trinajstić information content (AvgIpc) is 2.72. The summed E-state index contributed by atoms with van der Waals surface area (Å²) in [5, 5.41) is 9.19. The van der Waals surface area contributed by atoms with Crippen LogP contribution in [0.1, 0.15) is 12.0 Å². The first-order valence-electron chi connectivity index (χ1n) is 6.69. The second kappa shape index (κ2) is 5.60. The van der Waals surface area contributed by atoms with Crippen molar-refractivity contribution in [2.45, 2.75) is 6.42 Å². The van der Waals surface area contributed by atoms with E-state index in [1.807, 2.05) is 0 Å². The summed E-state index contributed by atoms with van der Waals surface area (Å²) in [6.07, 6.45) is 6.64. The summed E-state index contributed by atoms with van der Waals surface area (Å²) in [6, 6.07) is 3.19. The molecule has 0 radical (unpaired) electrons. The molecule has 1 aromatic carbocycles. The normalized spacial score (nSPS) is 17.2. The molecule has 1 heterocycles. The van der Waals surface area contributed by atoms with Crippen molar-refractivity contribution in [2.75, 3.05) is 6.61 Å². The van der Waals surface area contributed by atoms with E-state index in [1.54, 1.807) is 18.2 Å². The fourth-order valence-corrected chi connectivity index (χ4v) is 2.46. The van der Waals surface area contributed by atoms with Gasteiger partial charge in [0.25, 0.3) is 0 Å². The van der Waals surface area contributed by atoms with E-state index >= 15 is 0 Å². The molecule has 1 N–H and O–H groups in total. The molecule has 0 saturated carbocycles. The van der Waals surface area contributed by atoms with Crippen LogP contribution in [-0.2, 0) is 9.53 Å². The molecule has 5 heteroatoms. The lowest BCUT2D eigenvalue weighted by atomic mass is 9.93. The van der Waals surface area contributed by atoms with E-state index in [2.05, 4.69) is 0 Å². The molecule has 3 nitrogen and oxygen atoms in total. The third kappa shape index (κ3) is 2.57. The molecule has 1 aliphatic heterocycles. The van der Waals surface area contributed by atoms with Crippen molar-refractivity contribution in [3.05, 3.63) is 76.6 Å². The first kappa shape index (κ1) is 14.3. The third-order valence-corrected chi connectivity index (χ3v) is 3.50. The largest absolute Gasteiger partial charge is 0.489 e. The van der Waals surface area contributed by atoms with E-state index in [0.29, 0.717) is 16.9 Å². The van der Waals surface area contributed by atoms with E-state index in [4.69, 9.17) is 4.74 Å². The highest BCUT2D eigenvalue weighted by Crippen LogP contribution is 2.35. The minimum atomic E-state index is -1.05. The molecule has 2 aliphatic rings. The van der Waals surface area contributed by atoms with Gasteiger partial charge in [0, 0.05) is 16.7 Å². The number of carboxylic acid groups (broad SMARTS) is 1. The fourth-order valence-electron chi connectivity index (χ4n) is 2.46. The van der Waals surface area contributed by atoms with Gasteiger partial charge in [-0.2, -0.15) is 0 Å². The molecular formula is C17H12F2O3. The Morgan fingerprint density at radius 1 is 1.27 bits per heavy atom. The van der Waals surface area contributed by atoms with Crippen molar-refractivity contribution in [2.24, 2.45) is 0 Å². The lowest BCUT2D eigenvalue weighted by Crippen LogP contribution is -2.07. The van der Waals surface area contributed by atoms with Crippen molar-refractivity contribution < 1.29 is 23.4 Å². The van der Waals surface area contributed by atoms with Crippen molar-refractivity contribution >= 4 is 11.5 Å². The molecule has 0 aromatic heterocycles. The summed E-state index contributed by atoms with van der Waals surface area (Å²) >= 11 is 0. The Morgan fingerprint density at radius 2 is 2.09 bits per heavy atom. The highest BCUT2D eigenvalue weighted by Gasteiger charge is 2.22. The molecular weight excluding hydrogens is 290 g/mol. The van der Waals surface area contributed by atoms with Gasteiger partial charge < -0.3 is 9.84 Å². The summed E-state index contributed by atoms with van der Waals surface area (Å²) < 4.78 is 33.0. The van der Waals surface area contributed by atoms with Crippen molar-refractivity contribution in [1.29, 1.82) is 0 Å². The Balaban J connectivity index is 2.16. The minimum absolute atomic E-state index is 0.0899. The maximum absolute atomic E-state index is 14.0. The summed E-state index contributed by atoms with van der Waals surface area (Å²) in [4.78, 5) is 11.2. The van der Waals surface area contributed by atoms with Gasteiger partial charge in [-0.15, -0.1) is 0 Å². The predicted octanol–water partition coefficient (Wildman–Crippen LogP) is 3.60. The molecule has 112 valence electrons. The number of halogens is 2. The summed E-state index contributed by atoms with van der Waals surface area (Å²) in [6.45, 7) is 0.213. The van der Waals surface area contributed by atoms with Gasteiger partial charge >= 0.3 is 5.97 Å². The molecule has 3 rings (SSSR count). The van der Waals surface area contributed by atoms with Gasteiger partial charge in [0.1, 0.15) is 24.0 Å². The Kier molecular flexibility index (Phi) is 3.63. The Labute approximate surface area is 125 Å². The standard InChI is InChI=1S/C17H12F2O3/c18-11-4-5-15(19)13(9-11)12-6-7-22-16-3-1-2-10(17(20)21)8-14(12)16/h1,3-6,8-9H,2,7H2,(H,20,21). The van der Waals surface area contributed by atoms with E-state index in [9.17, 15) is 18.7 Å². The third-order valence-electron chi connectivity index (χ3n) is 3.50. The smallest absolute Gasteiger partial charge is 0.331 e. The van der Waals surface area contributed by atoms with Crippen molar-refractivity contribution in [3.8, 4) is 0 Å². The summed E-state index contributed by atoms with van der Waals surface area (Å²) in [7, 11) is 0. The number of aliphatic carboxylic acids is 1. The van der Waals surface area contributed by atoms with Crippen LogP contribution in [0.2, 0.25) is 0 Å². The van der Waals surface area contributed by atoms with Crippen LogP contribution in [0.15, 0.2) is 59.4 Å². The van der Waals surface area contributed by atoms with Gasteiger partial charge in [-0.3, -0.25) is 0 Å². The van der Waals surface area contributed by atoms with Crippen LogP contribution >= 0.6 is 0 Å². The maximum Gasteiger partial charge on any atom is 0.331 e. The number of carboxylic acids is 1. The quantitative estimate of drug-likeness (QED) is 0.908. The molecule has 0 unspecified atom stereocenters. The first-order chi connectivity index (χ1) is 10.6. The lowest BCUT2D eigenvalue weighted by molar-refractivity contribution is -0.132. The SMILES string of the molecule is O=C(O)C1=CC2=C(C=CC1)OCC=C2c1cc(F)ccc1F. The van der Waals surface area contributed by atoms with Crippen LogP contribution in [0.4, 0.5) is 8.78 Å². The Hall–Kier alpha value is -2.69. The zero-order valence-corrected chi connectivity index (χ0v) is 11.5. The zero-order valence-electron chi connectivity index (χ0n) is 11.5. The summed E-state index contributed by atoms with van der Waals surface area (Å²) in [5.41, 5.74) is 1.13. The highest BCUT2D eigenvalue weighted by atomic mass is 19.1. The van der Waals surface area contributed by atoms with Crippen LogP contribution in [-0.4, -0.2) is 17.7 Å². The molecule has 0 spiro atoms. The lowest BCUT2D eigenvalue weighted by Gasteiger charge is -2.19. The van der Waals surface area contributed by atoms with Crippen LogP contribution < -0.4 is 0 Å². The number of hydrogen-bond acceptors (Lipinski definition) is 2. The zero-order chi connectivity index (χ0) is 15.7. The van der Waals surface area contributed by atoms with Gasteiger partial charge in [-0.25, -0.2) is 13.6 Å². The highest BCUT2D eigenvalue weighted by molar-refractivity contribution is 5.92. The summed E-state index contributed by atoms with van der Waals surface area (Å²) in [5.74, 6) is -1.72. The molecule has 0 amide bonds. The number of rotatable bonds is 2. The van der Waals surface area contributed by atoms with E-state index in [0.717, 1.165) is 18.2 Å². The monoisotopic (exact) mass is 302 g/mol. The second-order valence-corrected chi connectivity index (χ2v) is 4.91. The van der Waals surface area contributed by atoms with E-state index in [-0.39, 0.29) is 24.2 Å². The molecule has 22 heavy (non-hydrogen) atoms. The molecule has 0 fully saturated rings. The van der Waals surface area contributed by atoms with E-state index in [1.165, 1.54) is 6.08 Å². The number of ether oxygens (including phenoxy) is 1. The van der Waals surface area contributed by atoms with Crippen LogP contribution in [0.25, 0.3) is 5.57 Å². The van der Waals surface area contributed by atoms with E-state index < -0.39 is 17.6 Å². The fraction of sp³-hybridized carbons (Fsp3) is 0.118. The number of hydrogen-bond donors (Lipinski definition) is 1.